The minimum absolute atomic E-state index is 0.102. The number of nitrogens with two attached hydrogens (primary N) is 1. The van der Waals surface area contributed by atoms with Crippen LogP contribution in [0.2, 0.25) is 0 Å². The summed E-state index contributed by atoms with van der Waals surface area (Å²) in [5, 5.41) is 0. The van der Waals surface area contributed by atoms with Gasteiger partial charge in [-0.1, -0.05) is 30.3 Å². The molecule has 3 heterocycles. The van der Waals surface area contributed by atoms with Crippen LogP contribution < -0.4 is 5.73 Å². The number of fused-ring (bicyclic) bond motifs is 1. The van der Waals surface area contributed by atoms with Gasteiger partial charge in [-0.25, -0.2) is 9.78 Å². The van der Waals surface area contributed by atoms with E-state index in [2.05, 4.69) is 40.7 Å². The number of hydrogen-bond acceptors (Lipinski definition) is 5. The predicted molar refractivity (Wildman–Crippen MR) is 126 cm³/mol. The molecule has 1 amide bonds. The van der Waals surface area contributed by atoms with Gasteiger partial charge in [-0.05, 0) is 44.6 Å². The second-order valence-electron chi connectivity index (χ2n) is 10.5. The Morgan fingerprint density at radius 1 is 1.30 bits per heavy atom. The summed E-state index contributed by atoms with van der Waals surface area (Å²) in [6.45, 7) is 4.51. The average Bonchev–Trinajstić information content (AvgIpc) is 3.37. The van der Waals surface area contributed by atoms with Crippen LogP contribution in [0.15, 0.2) is 30.3 Å². The molecule has 176 valence electrons. The smallest absolute Gasteiger partial charge is 0.409 e. The summed E-state index contributed by atoms with van der Waals surface area (Å²) in [6.07, 6.45) is 6.67. The molecule has 2 aromatic rings. The van der Waals surface area contributed by atoms with E-state index in [-0.39, 0.29) is 12.1 Å². The molecule has 2 aliphatic heterocycles. The van der Waals surface area contributed by atoms with Crippen LogP contribution in [0.25, 0.3) is 0 Å². The van der Waals surface area contributed by atoms with Crippen LogP contribution in [0.5, 0.6) is 0 Å². The first-order chi connectivity index (χ1) is 16.0. The maximum absolute atomic E-state index is 12.2. The largest absolute Gasteiger partial charge is 0.453 e. The molecular formula is C26H35N5O2. The van der Waals surface area contributed by atoms with E-state index in [1.165, 1.54) is 49.7 Å². The van der Waals surface area contributed by atoms with Crippen molar-refractivity contribution >= 4 is 6.09 Å². The zero-order chi connectivity index (χ0) is 22.7. The predicted octanol–water partition coefficient (Wildman–Crippen LogP) is 3.57. The second-order valence-corrected chi connectivity index (χ2v) is 10.5. The van der Waals surface area contributed by atoms with Crippen LogP contribution in [0.4, 0.5) is 4.79 Å². The van der Waals surface area contributed by atoms with E-state index in [4.69, 9.17) is 15.5 Å². The maximum Gasteiger partial charge on any atom is 0.409 e. The second kappa shape index (κ2) is 7.84. The molecule has 4 aliphatic rings. The van der Waals surface area contributed by atoms with Crippen molar-refractivity contribution in [2.24, 2.45) is 11.1 Å². The Balaban J connectivity index is 1.17. The van der Waals surface area contributed by atoms with Gasteiger partial charge >= 0.3 is 6.09 Å². The minimum atomic E-state index is -0.240. The first-order valence-electron chi connectivity index (χ1n) is 12.5. The van der Waals surface area contributed by atoms with Crippen molar-refractivity contribution in [3.8, 4) is 0 Å². The van der Waals surface area contributed by atoms with Gasteiger partial charge < -0.3 is 19.9 Å². The number of hydrogen-bond donors (Lipinski definition) is 1. The number of benzene rings is 1. The minimum Gasteiger partial charge on any atom is -0.453 e. The van der Waals surface area contributed by atoms with Gasteiger partial charge in [0, 0.05) is 49.1 Å². The van der Waals surface area contributed by atoms with Crippen molar-refractivity contribution in [1.29, 1.82) is 0 Å². The summed E-state index contributed by atoms with van der Waals surface area (Å²) in [5.74, 6) is 1.10. The highest BCUT2D eigenvalue weighted by atomic mass is 16.5. The molecule has 4 unspecified atom stereocenters. The number of carbonyl (C=O) groups excluding carboxylic acids is 1. The highest BCUT2D eigenvalue weighted by Gasteiger charge is 2.69. The van der Waals surface area contributed by atoms with E-state index in [1.54, 1.807) is 0 Å². The van der Waals surface area contributed by atoms with Gasteiger partial charge in [-0.3, -0.25) is 4.90 Å². The van der Waals surface area contributed by atoms with Crippen LogP contribution in [0, 0.1) is 12.3 Å². The van der Waals surface area contributed by atoms with Crippen LogP contribution in [0.3, 0.4) is 0 Å². The first-order valence-corrected chi connectivity index (χ1v) is 12.5. The topological polar surface area (TPSA) is 76.6 Å². The summed E-state index contributed by atoms with van der Waals surface area (Å²) in [7, 11) is 1.46. The Morgan fingerprint density at radius 2 is 2.12 bits per heavy atom. The first kappa shape index (κ1) is 21.2. The van der Waals surface area contributed by atoms with Crippen molar-refractivity contribution in [2.45, 2.75) is 76.2 Å². The highest BCUT2D eigenvalue weighted by molar-refractivity contribution is 5.67. The Morgan fingerprint density at radius 3 is 2.85 bits per heavy atom. The molecule has 6 rings (SSSR count). The standard InChI is InChI=1S/C26H35N5O2/c1-17-28-21-10-12-29(25(32)33-2)16-22(21)31(17)19-14-24-26(15-19)11-8-23(26)30(24)13-9-20(27)18-6-4-3-5-7-18/h3-7,19-20,23-24H,8-16,27H2,1-2H3/t19?,20-,23?,24?,26?/m0/s1. The molecule has 5 atom stereocenters. The highest BCUT2D eigenvalue weighted by Crippen LogP contribution is 2.67. The summed E-state index contributed by atoms with van der Waals surface area (Å²) in [6, 6.07) is 12.4. The number of nitrogens with zero attached hydrogens (tertiary/aromatic N) is 4. The van der Waals surface area contributed by atoms with Gasteiger partial charge in [0.05, 0.1) is 25.0 Å². The number of imidazole rings is 1. The Labute approximate surface area is 195 Å². The number of methoxy groups -OCH3 is 1. The Kier molecular flexibility index (Phi) is 5.03. The molecule has 2 saturated carbocycles. The van der Waals surface area contributed by atoms with Crippen molar-refractivity contribution < 1.29 is 9.53 Å². The van der Waals surface area contributed by atoms with Gasteiger partial charge in [0.15, 0.2) is 0 Å². The molecule has 2 N–H and O–H groups in total. The van der Waals surface area contributed by atoms with Gasteiger partial charge in [-0.2, -0.15) is 0 Å². The lowest BCUT2D eigenvalue weighted by Crippen LogP contribution is -2.74. The third-order valence-electron chi connectivity index (χ3n) is 9.07. The molecule has 7 nitrogen and oxygen atoms in total. The number of aromatic nitrogens is 2. The summed E-state index contributed by atoms with van der Waals surface area (Å²) in [5.41, 5.74) is 10.6. The molecule has 0 bridgehead atoms. The fourth-order valence-corrected chi connectivity index (χ4v) is 7.47. The normalized spacial score (nSPS) is 31.1. The van der Waals surface area contributed by atoms with Gasteiger partial charge in [0.1, 0.15) is 5.82 Å². The van der Waals surface area contributed by atoms with E-state index >= 15 is 0 Å². The molecular weight excluding hydrogens is 414 g/mol. The quantitative estimate of drug-likeness (QED) is 0.755. The SMILES string of the molecule is COC(=O)N1CCc2nc(C)n(C3CC4N(CC[C@H](N)c5ccccc5)C5CCC54C3)c2C1. The lowest BCUT2D eigenvalue weighted by molar-refractivity contribution is -0.188. The molecule has 33 heavy (non-hydrogen) atoms. The van der Waals surface area contributed by atoms with Crippen molar-refractivity contribution in [2.75, 3.05) is 20.2 Å². The van der Waals surface area contributed by atoms with Gasteiger partial charge in [0.25, 0.3) is 0 Å². The van der Waals surface area contributed by atoms with E-state index in [1.807, 2.05) is 11.0 Å². The van der Waals surface area contributed by atoms with Crippen LogP contribution in [-0.4, -0.2) is 57.7 Å². The van der Waals surface area contributed by atoms with Crippen molar-refractivity contribution in [1.82, 2.24) is 19.4 Å². The van der Waals surface area contributed by atoms with Crippen LogP contribution in [-0.2, 0) is 17.7 Å². The zero-order valence-corrected chi connectivity index (χ0v) is 19.7. The fourth-order valence-electron chi connectivity index (χ4n) is 7.47. The molecule has 1 spiro atoms. The van der Waals surface area contributed by atoms with E-state index in [9.17, 15) is 4.79 Å². The number of amides is 1. The van der Waals surface area contributed by atoms with E-state index in [0.29, 0.717) is 30.6 Å². The van der Waals surface area contributed by atoms with Crippen molar-refractivity contribution in [3.05, 3.63) is 53.1 Å². The number of aryl methyl sites for hydroxylation is 1. The third-order valence-corrected chi connectivity index (χ3v) is 9.07. The number of rotatable bonds is 5. The summed E-state index contributed by atoms with van der Waals surface area (Å²) in [4.78, 5) is 21.6. The maximum atomic E-state index is 12.2. The molecule has 2 aliphatic carbocycles. The van der Waals surface area contributed by atoms with E-state index in [0.717, 1.165) is 31.3 Å². The van der Waals surface area contributed by atoms with E-state index < -0.39 is 0 Å². The molecule has 7 heteroatoms. The van der Waals surface area contributed by atoms with Gasteiger partial charge in [-0.15, -0.1) is 0 Å². The monoisotopic (exact) mass is 449 g/mol. The molecule has 0 radical (unpaired) electrons. The van der Waals surface area contributed by atoms with Crippen molar-refractivity contribution in [3.63, 3.8) is 0 Å². The Bertz CT molecular complexity index is 1050. The van der Waals surface area contributed by atoms with Crippen LogP contribution in [0.1, 0.15) is 67.0 Å². The third kappa shape index (κ3) is 3.16. The Hall–Kier alpha value is -2.38. The molecule has 1 aromatic carbocycles. The molecule has 1 aromatic heterocycles. The number of likely N-dealkylation sites (tertiary alicyclic amines) is 1. The summed E-state index contributed by atoms with van der Waals surface area (Å²) < 4.78 is 7.47. The number of piperidine rings is 1. The number of carbonyl (C=O) groups is 1. The lowest BCUT2D eigenvalue weighted by atomic mass is 9.53. The summed E-state index contributed by atoms with van der Waals surface area (Å²) >= 11 is 0. The lowest BCUT2D eigenvalue weighted by Gasteiger charge is -2.68. The molecule has 1 saturated heterocycles. The molecule has 3 fully saturated rings. The van der Waals surface area contributed by atoms with Crippen LogP contribution >= 0.6 is 0 Å². The van der Waals surface area contributed by atoms with Gasteiger partial charge in [0.2, 0.25) is 0 Å². The average molecular weight is 450 g/mol. The number of ether oxygens (including phenoxy) is 1. The zero-order valence-electron chi connectivity index (χ0n) is 19.7. The fraction of sp³-hybridized carbons (Fsp3) is 0.615.